The first-order chi connectivity index (χ1) is 15.9. The first-order valence-corrected chi connectivity index (χ1v) is 14.5. The van der Waals surface area contributed by atoms with Gasteiger partial charge in [0.1, 0.15) is 12.4 Å². The summed E-state index contributed by atoms with van der Waals surface area (Å²) >= 11 is 17.3. The van der Waals surface area contributed by atoms with E-state index >= 15 is 0 Å². The second-order valence-electron chi connectivity index (χ2n) is 12.3. The Labute approximate surface area is 220 Å². The largest absolute Gasteiger partial charge is 0.458 e. The topological polar surface area (TPSA) is 43.4 Å². The van der Waals surface area contributed by atoms with E-state index in [2.05, 4.69) is 20.8 Å². The van der Waals surface area contributed by atoms with Crippen molar-refractivity contribution in [3.05, 3.63) is 11.6 Å². The minimum Gasteiger partial charge on any atom is -0.458 e. The van der Waals surface area contributed by atoms with Crippen molar-refractivity contribution in [3.8, 4) is 0 Å². The van der Waals surface area contributed by atoms with Crippen LogP contribution >= 0.6 is 34.8 Å². The highest BCUT2D eigenvalue weighted by Gasteiger charge is 2.62. The third-order valence-electron chi connectivity index (χ3n) is 10.7. The van der Waals surface area contributed by atoms with Gasteiger partial charge in [0.2, 0.25) is 3.79 Å². The van der Waals surface area contributed by atoms with Gasteiger partial charge in [0.25, 0.3) is 0 Å². The van der Waals surface area contributed by atoms with Crippen molar-refractivity contribution in [2.45, 2.75) is 95.7 Å². The molecule has 0 bridgehead atoms. The van der Waals surface area contributed by atoms with Gasteiger partial charge >= 0.3 is 5.97 Å². The molecule has 8 atom stereocenters. The molecule has 34 heavy (non-hydrogen) atoms. The first-order valence-electron chi connectivity index (χ1n) is 13.3. The van der Waals surface area contributed by atoms with Crippen LogP contribution in [0.25, 0.3) is 0 Å². The summed E-state index contributed by atoms with van der Waals surface area (Å²) in [6.45, 7) is 8.83. The van der Waals surface area contributed by atoms with Crippen LogP contribution < -0.4 is 0 Å². The number of alkyl halides is 3. The molecule has 4 aliphatic carbocycles. The van der Waals surface area contributed by atoms with Crippen LogP contribution in [0.1, 0.15) is 91.9 Å². The standard InChI is InChI=1S/C28H41Cl3O3/c1-5-18(25(33)34-16-28(29,30)31)14-17(2)20-9-10-21-24-22(11-13-27(20,21)4)26(3)12-7-6-8-19(26)15-23(24)32/h5,17,19-22,24H,6-16H2,1-4H3/t17-,19+,20-,21+,22+,24+,26+,27-/m1/s1. The molecule has 6 heteroatoms. The van der Waals surface area contributed by atoms with E-state index in [1.54, 1.807) is 0 Å². The summed E-state index contributed by atoms with van der Waals surface area (Å²) in [5.74, 6) is 2.88. The van der Waals surface area contributed by atoms with Gasteiger partial charge in [-0.15, -0.1) is 0 Å². The minimum absolute atomic E-state index is 0.161. The predicted octanol–water partition coefficient (Wildman–Crippen LogP) is 8.10. The van der Waals surface area contributed by atoms with Crippen LogP contribution in [0.15, 0.2) is 11.6 Å². The van der Waals surface area contributed by atoms with Crippen LogP contribution in [0, 0.1) is 46.3 Å². The number of halogens is 3. The van der Waals surface area contributed by atoms with Gasteiger partial charge in [-0.05, 0) is 92.3 Å². The Morgan fingerprint density at radius 2 is 1.79 bits per heavy atom. The van der Waals surface area contributed by atoms with Gasteiger partial charge in [0, 0.05) is 17.9 Å². The smallest absolute Gasteiger partial charge is 0.333 e. The van der Waals surface area contributed by atoms with Crippen molar-refractivity contribution >= 4 is 46.6 Å². The molecule has 0 aromatic carbocycles. The number of hydrogen-bond donors (Lipinski definition) is 0. The van der Waals surface area contributed by atoms with E-state index in [-0.39, 0.29) is 17.9 Å². The third-order valence-corrected chi connectivity index (χ3v) is 11.0. The molecule has 192 valence electrons. The van der Waals surface area contributed by atoms with Crippen LogP contribution in [0.3, 0.4) is 0 Å². The van der Waals surface area contributed by atoms with Gasteiger partial charge in [0.05, 0.1) is 0 Å². The molecule has 0 aromatic rings. The lowest BCUT2D eigenvalue weighted by atomic mass is 9.44. The number of rotatable bonds is 5. The zero-order chi connectivity index (χ0) is 24.9. The van der Waals surface area contributed by atoms with Crippen molar-refractivity contribution in [1.82, 2.24) is 0 Å². The highest BCUT2D eigenvalue weighted by molar-refractivity contribution is 6.67. The number of ketones is 1. The summed E-state index contributed by atoms with van der Waals surface area (Å²) in [5.41, 5.74) is 1.16. The van der Waals surface area contributed by atoms with Crippen molar-refractivity contribution in [3.63, 3.8) is 0 Å². The van der Waals surface area contributed by atoms with Crippen LogP contribution in [0.5, 0.6) is 0 Å². The van der Waals surface area contributed by atoms with Gasteiger partial charge in [-0.1, -0.05) is 74.5 Å². The fraction of sp³-hybridized carbons (Fsp3) is 0.857. The number of esters is 1. The molecular weight excluding hydrogens is 491 g/mol. The average molecular weight is 532 g/mol. The molecule has 4 saturated carbocycles. The molecule has 0 unspecified atom stereocenters. The molecule has 0 radical (unpaired) electrons. The van der Waals surface area contributed by atoms with E-state index in [1.165, 1.54) is 38.5 Å². The lowest BCUT2D eigenvalue weighted by Gasteiger charge is -2.60. The zero-order valence-electron chi connectivity index (χ0n) is 21.2. The van der Waals surface area contributed by atoms with Crippen LogP contribution in [-0.4, -0.2) is 22.2 Å². The summed E-state index contributed by atoms with van der Waals surface area (Å²) in [5, 5.41) is 0. The molecule has 4 aliphatic rings. The molecule has 0 spiro atoms. The summed E-state index contributed by atoms with van der Waals surface area (Å²) in [6.07, 6.45) is 13.1. The molecule has 0 N–H and O–H groups in total. The number of carbonyl (C=O) groups is 2. The number of ether oxygens (including phenoxy) is 1. The molecule has 0 heterocycles. The molecule has 0 amide bonds. The number of allylic oxidation sites excluding steroid dienone is 1. The Morgan fingerprint density at radius 1 is 1.09 bits per heavy atom. The van der Waals surface area contributed by atoms with Gasteiger partial charge < -0.3 is 4.74 Å². The summed E-state index contributed by atoms with van der Waals surface area (Å²) in [7, 11) is 0. The van der Waals surface area contributed by atoms with E-state index in [1.807, 2.05) is 13.0 Å². The van der Waals surface area contributed by atoms with Crippen LogP contribution in [-0.2, 0) is 14.3 Å². The lowest BCUT2D eigenvalue weighted by Crippen LogP contribution is -2.56. The van der Waals surface area contributed by atoms with Gasteiger partial charge in [-0.2, -0.15) is 0 Å². The second-order valence-corrected chi connectivity index (χ2v) is 14.8. The molecule has 0 saturated heterocycles. The summed E-state index contributed by atoms with van der Waals surface area (Å²) in [4.78, 5) is 26.2. The van der Waals surface area contributed by atoms with Crippen molar-refractivity contribution in [2.24, 2.45) is 46.3 Å². The maximum Gasteiger partial charge on any atom is 0.333 e. The van der Waals surface area contributed by atoms with Gasteiger partial charge in [-0.3, -0.25) is 4.79 Å². The number of carbonyl (C=O) groups excluding carboxylic acids is 2. The highest BCUT2D eigenvalue weighted by Crippen LogP contribution is 2.67. The minimum atomic E-state index is -1.61. The Hall–Kier alpha value is -0.250. The van der Waals surface area contributed by atoms with Crippen molar-refractivity contribution in [2.75, 3.05) is 6.61 Å². The Balaban J connectivity index is 1.48. The maximum atomic E-state index is 13.6. The Bertz CT molecular complexity index is 833. The van der Waals surface area contributed by atoms with E-state index in [0.29, 0.717) is 52.8 Å². The Kier molecular flexibility index (Phi) is 7.80. The fourth-order valence-corrected chi connectivity index (χ4v) is 9.15. The molecule has 0 aromatic heterocycles. The van der Waals surface area contributed by atoms with E-state index in [0.717, 1.165) is 19.3 Å². The first kappa shape index (κ1) is 26.8. The highest BCUT2D eigenvalue weighted by atomic mass is 35.6. The van der Waals surface area contributed by atoms with Crippen molar-refractivity contribution < 1.29 is 14.3 Å². The van der Waals surface area contributed by atoms with Gasteiger partial charge in [0.15, 0.2) is 0 Å². The number of fused-ring (bicyclic) bond motifs is 5. The Morgan fingerprint density at radius 3 is 2.47 bits per heavy atom. The lowest BCUT2D eigenvalue weighted by molar-refractivity contribution is -0.156. The summed E-state index contributed by atoms with van der Waals surface area (Å²) < 4.78 is 3.65. The van der Waals surface area contributed by atoms with Crippen molar-refractivity contribution in [1.29, 1.82) is 0 Å². The third kappa shape index (κ3) is 4.84. The molecule has 0 aliphatic heterocycles. The monoisotopic (exact) mass is 530 g/mol. The van der Waals surface area contributed by atoms with Crippen LogP contribution in [0.2, 0.25) is 0 Å². The van der Waals surface area contributed by atoms with E-state index in [9.17, 15) is 9.59 Å². The summed E-state index contributed by atoms with van der Waals surface area (Å²) in [6, 6.07) is 0. The average Bonchev–Trinajstić information content (AvgIpc) is 3.12. The predicted molar refractivity (Wildman–Crippen MR) is 139 cm³/mol. The zero-order valence-corrected chi connectivity index (χ0v) is 23.4. The van der Waals surface area contributed by atoms with E-state index < -0.39 is 9.76 Å². The fourth-order valence-electron chi connectivity index (χ4n) is 8.98. The quantitative estimate of drug-likeness (QED) is 0.204. The van der Waals surface area contributed by atoms with E-state index in [4.69, 9.17) is 39.5 Å². The molecule has 4 rings (SSSR count). The van der Waals surface area contributed by atoms with Crippen LogP contribution in [0.4, 0.5) is 0 Å². The molecule has 4 fully saturated rings. The molecule has 3 nitrogen and oxygen atoms in total. The normalized spacial score (nSPS) is 41.3. The van der Waals surface area contributed by atoms with Gasteiger partial charge in [-0.25, -0.2) is 4.79 Å². The SMILES string of the molecule is CC=C(C[C@@H](C)[C@H]1CC[C@H]2[C@@H]3C(=O)C[C@@H]4CCCC[C@]4(C)[C@H]3CC[C@]12C)C(=O)OCC(Cl)(Cl)Cl. The number of hydrogen-bond acceptors (Lipinski definition) is 3. The second kappa shape index (κ2) is 9.90. The maximum absolute atomic E-state index is 13.6. The molecular formula is C28H41Cl3O3. The number of Topliss-reactive ketones (excluding diaryl/α,β-unsaturated/α-hetero) is 1.